The molecule has 18 heavy (non-hydrogen) atoms. The molecule has 0 unspecified atom stereocenters. The fourth-order valence-electron chi connectivity index (χ4n) is 2.33. The van der Waals surface area contributed by atoms with Crippen molar-refractivity contribution in [1.29, 1.82) is 0 Å². The Morgan fingerprint density at radius 2 is 2.22 bits per heavy atom. The number of hydrogen-bond donors (Lipinski definition) is 1. The SMILES string of the molecule is CCn1ncnc1CN1CCC(OCCO)CC1. The quantitative estimate of drug-likeness (QED) is 0.789. The molecule has 6 heteroatoms. The molecular formula is C12H22N4O2. The van der Waals surface area contributed by atoms with Gasteiger partial charge in [0.25, 0.3) is 0 Å². The molecule has 1 fully saturated rings. The van der Waals surface area contributed by atoms with Crippen LogP contribution in [0, 0.1) is 0 Å². The summed E-state index contributed by atoms with van der Waals surface area (Å²) in [7, 11) is 0. The van der Waals surface area contributed by atoms with Crippen LogP contribution in [0.25, 0.3) is 0 Å². The molecule has 0 saturated carbocycles. The smallest absolute Gasteiger partial charge is 0.140 e. The van der Waals surface area contributed by atoms with Crippen molar-refractivity contribution in [2.45, 2.75) is 39.0 Å². The van der Waals surface area contributed by atoms with Gasteiger partial charge >= 0.3 is 0 Å². The molecule has 6 nitrogen and oxygen atoms in total. The second kappa shape index (κ2) is 6.82. The van der Waals surface area contributed by atoms with Crippen molar-refractivity contribution in [3.8, 4) is 0 Å². The van der Waals surface area contributed by atoms with Crippen LogP contribution in [0.4, 0.5) is 0 Å². The van der Waals surface area contributed by atoms with Gasteiger partial charge in [0.2, 0.25) is 0 Å². The molecular weight excluding hydrogens is 232 g/mol. The molecule has 0 aromatic carbocycles. The molecule has 2 rings (SSSR count). The normalized spacial score (nSPS) is 18.3. The van der Waals surface area contributed by atoms with Crippen molar-refractivity contribution in [3.05, 3.63) is 12.2 Å². The Kier molecular flexibility index (Phi) is 5.10. The number of hydrogen-bond acceptors (Lipinski definition) is 5. The summed E-state index contributed by atoms with van der Waals surface area (Å²) in [4.78, 5) is 6.68. The van der Waals surface area contributed by atoms with Gasteiger partial charge in [-0.05, 0) is 19.8 Å². The van der Waals surface area contributed by atoms with Crippen molar-refractivity contribution < 1.29 is 9.84 Å². The summed E-state index contributed by atoms with van der Waals surface area (Å²) in [5, 5.41) is 12.9. The summed E-state index contributed by atoms with van der Waals surface area (Å²) in [6.07, 6.45) is 3.98. The Bertz CT molecular complexity index is 348. The largest absolute Gasteiger partial charge is 0.394 e. The van der Waals surface area contributed by atoms with Crippen LogP contribution in [-0.2, 0) is 17.8 Å². The number of aliphatic hydroxyl groups is 1. The lowest BCUT2D eigenvalue weighted by molar-refractivity contribution is -0.00956. The molecule has 1 aromatic rings. The molecule has 0 atom stereocenters. The van der Waals surface area contributed by atoms with Gasteiger partial charge in [0.15, 0.2) is 0 Å². The Morgan fingerprint density at radius 1 is 1.44 bits per heavy atom. The number of rotatable bonds is 6. The number of piperidine rings is 1. The third-order valence-electron chi connectivity index (χ3n) is 3.34. The van der Waals surface area contributed by atoms with E-state index in [0.717, 1.165) is 44.8 Å². The summed E-state index contributed by atoms with van der Waals surface area (Å²) in [6.45, 7) is 6.41. The van der Waals surface area contributed by atoms with E-state index in [0.29, 0.717) is 12.7 Å². The zero-order valence-electron chi connectivity index (χ0n) is 11.0. The topological polar surface area (TPSA) is 63.4 Å². The highest BCUT2D eigenvalue weighted by Gasteiger charge is 2.20. The van der Waals surface area contributed by atoms with Crippen LogP contribution < -0.4 is 0 Å². The Labute approximate surface area is 108 Å². The lowest BCUT2D eigenvalue weighted by atomic mass is 10.1. The summed E-state index contributed by atoms with van der Waals surface area (Å²) in [5.74, 6) is 1.03. The van der Waals surface area contributed by atoms with Crippen LogP contribution in [-0.4, -0.2) is 57.2 Å². The van der Waals surface area contributed by atoms with Gasteiger partial charge < -0.3 is 9.84 Å². The van der Waals surface area contributed by atoms with Gasteiger partial charge in [-0.15, -0.1) is 0 Å². The average molecular weight is 254 g/mol. The number of aromatic nitrogens is 3. The van der Waals surface area contributed by atoms with E-state index in [2.05, 4.69) is 21.9 Å². The molecule has 0 radical (unpaired) electrons. The Morgan fingerprint density at radius 3 is 2.89 bits per heavy atom. The van der Waals surface area contributed by atoms with Crippen molar-refractivity contribution in [3.63, 3.8) is 0 Å². The zero-order chi connectivity index (χ0) is 12.8. The number of nitrogens with zero attached hydrogens (tertiary/aromatic N) is 4. The second-order valence-electron chi connectivity index (χ2n) is 4.56. The lowest BCUT2D eigenvalue weighted by Crippen LogP contribution is -2.37. The maximum Gasteiger partial charge on any atom is 0.140 e. The van der Waals surface area contributed by atoms with E-state index in [4.69, 9.17) is 9.84 Å². The van der Waals surface area contributed by atoms with E-state index in [1.165, 1.54) is 0 Å². The summed E-state index contributed by atoms with van der Waals surface area (Å²) < 4.78 is 7.49. The van der Waals surface area contributed by atoms with E-state index >= 15 is 0 Å². The fourth-order valence-corrected chi connectivity index (χ4v) is 2.33. The third-order valence-corrected chi connectivity index (χ3v) is 3.34. The van der Waals surface area contributed by atoms with Gasteiger partial charge in [0.05, 0.1) is 25.9 Å². The molecule has 0 bridgehead atoms. The van der Waals surface area contributed by atoms with Crippen LogP contribution in [0.3, 0.4) is 0 Å². The van der Waals surface area contributed by atoms with Crippen molar-refractivity contribution in [1.82, 2.24) is 19.7 Å². The Balaban J connectivity index is 1.76. The Hall–Kier alpha value is -0.980. The van der Waals surface area contributed by atoms with Gasteiger partial charge in [0.1, 0.15) is 12.2 Å². The van der Waals surface area contributed by atoms with Crippen LogP contribution in [0.15, 0.2) is 6.33 Å². The molecule has 0 aliphatic carbocycles. The molecule has 1 aliphatic rings. The van der Waals surface area contributed by atoms with E-state index in [1.807, 2.05) is 4.68 Å². The average Bonchev–Trinajstić information content (AvgIpc) is 2.85. The molecule has 0 amide bonds. The first-order valence-corrected chi connectivity index (χ1v) is 6.65. The van der Waals surface area contributed by atoms with Crippen LogP contribution in [0.2, 0.25) is 0 Å². The van der Waals surface area contributed by atoms with E-state index < -0.39 is 0 Å². The minimum Gasteiger partial charge on any atom is -0.394 e. The van der Waals surface area contributed by atoms with Crippen molar-refractivity contribution in [2.75, 3.05) is 26.3 Å². The molecule has 1 saturated heterocycles. The summed E-state index contributed by atoms with van der Waals surface area (Å²) >= 11 is 0. The summed E-state index contributed by atoms with van der Waals surface area (Å²) in [6, 6.07) is 0. The highest BCUT2D eigenvalue weighted by Crippen LogP contribution is 2.15. The predicted molar refractivity (Wildman–Crippen MR) is 67.0 cm³/mol. The molecule has 0 spiro atoms. The van der Waals surface area contributed by atoms with Crippen molar-refractivity contribution >= 4 is 0 Å². The van der Waals surface area contributed by atoms with Gasteiger partial charge in [-0.25, -0.2) is 9.67 Å². The van der Waals surface area contributed by atoms with Gasteiger partial charge in [-0.2, -0.15) is 5.10 Å². The number of likely N-dealkylation sites (tertiary alicyclic amines) is 1. The molecule has 1 aliphatic heterocycles. The van der Waals surface area contributed by atoms with E-state index in [-0.39, 0.29) is 6.61 Å². The predicted octanol–water partition coefficient (Wildman–Crippen LogP) is 0.271. The van der Waals surface area contributed by atoms with E-state index in [9.17, 15) is 0 Å². The number of aryl methyl sites for hydroxylation is 1. The van der Waals surface area contributed by atoms with Crippen LogP contribution in [0.5, 0.6) is 0 Å². The van der Waals surface area contributed by atoms with Crippen LogP contribution in [0.1, 0.15) is 25.6 Å². The molecule has 1 aromatic heterocycles. The van der Waals surface area contributed by atoms with E-state index in [1.54, 1.807) is 6.33 Å². The third kappa shape index (κ3) is 3.51. The number of ether oxygens (including phenoxy) is 1. The minimum absolute atomic E-state index is 0.111. The lowest BCUT2D eigenvalue weighted by Gasteiger charge is -2.31. The first-order valence-electron chi connectivity index (χ1n) is 6.65. The maximum absolute atomic E-state index is 8.72. The first-order chi connectivity index (χ1) is 8.83. The van der Waals surface area contributed by atoms with Gasteiger partial charge in [0, 0.05) is 19.6 Å². The maximum atomic E-state index is 8.72. The highest BCUT2D eigenvalue weighted by molar-refractivity contribution is 4.86. The minimum atomic E-state index is 0.111. The summed E-state index contributed by atoms with van der Waals surface area (Å²) in [5.41, 5.74) is 0. The van der Waals surface area contributed by atoms with Crippen molar-refractivity contribution in [2.24, 2.45) is 0 Å². The van der Waals surface area contributed by atoms with Gasteiger partial charge in [-0.1, -0.05) is 0 Å². The standard InChI is InChI=1S/C12H22N4O2/c1-2-16-12(13-10-14-16)9-15-5-3-11(4-6-15)18-8-7-17/h10-11,17H,2-9H2,1H3. The molecule has 102 valence electrons. The monoisotopic (exact) mass is 254 g/mol. The molecule has 2 heterocycles. The molecule has 1 N–H and O–H groups in total. The first kappa shape index (κ1) is 13.5. The van der Waals surface area contributed by atoms with Crippen LogP contribution >= 0.6 is 0 Å². The number of aliphatic hydroxyl groups excluding tert-OH is 1. The second-order valence-corrected chi connectivity index (χ2v) is 4.56. The van der Waals surface area contributed by atoms with Gasteiger partial charge in [-0.3, -0.25) is 4.90 Å². The highest BCUT2D eigenvalue weighted by atomic mass is 16.5. The zero-order valence-corrected chi connectivity index (χ0v) is 11.0. The fraction of sp³-hybridized carbons (Fsp3) is 0.833.